The Morgan fingerprint density at radius 1 is 1.43 bits per heavy atom. The van der Waals surface area contributed by atoms with E-state index in [0.717, 1.165) is 0 Å². The number of rotatable bonds is 2. The summed E-state index contributed by atoms with van der Waals surface area (Å²) in [6.45, 7) is 0. The lowest BCUT2D eigenvalue weighted by Crippen LogP contribution is -2.30. The van der Waals surface area contributed by atoms with Crippen molar-refractivity contribution in [2.75, 3.05) is 0 Å². The predicted molar refractivity (Wildman–Crippen MR) is 34.7 cm³/mol. The molecule has 0 atom stereocenters. The molecule has 14 heavy (non-hydrogen) atoms. The maximum absolute atomic E-state index is 12.6. The van der Waals surface area contributed by atoms with Crippen molar-refractivity contribution in [3.63, 3.8) is 0 Å². The van der Waals surface area contributed by atoms with Crippen LogP contribution in [0.5, 0.6) is 0 Å². The topological polar surface area (TPSA) is 45.8 Å². The molecule has 0 saturated heterocycles. The molecule has 1 rings (SSSR count). The van der Waals surface area contributed by atoms with E-state index in [1.807, 2.05) is 0 Å². The van der Waals surface area contributed by atoms with Crippen LogP contribution in [-0.2, 0) is 5.92 Å². The number of nitrogens with zero attached hydrogens (tertiary/aromatic N) is 1. The standard InChI is InChI=1S/C6H3F5N2O/c7-2-3(6(10,11)5(8)9)12-1-13-4(2)14/h1,5H,(H,12,13,14). The minimum Gasteiger partial charge on any atom is -0.311 e. The van der Waals surface area contributed by atoms with Gasteiger partial charge in [-0.25, -0.2) is 13.8 Å². The van der Waals surface area contributed by atoms with Crippen LogP contribution in [0.3, 0.4) is 0 Å². The fourth-order valence-corrected chi connectivity index (χ4v) is 0.719. The molecule has 0 saturated carbocycles. The van der Waals surface area contributed by atoms with Crippen LogP contribution in [0, 0.1) is 5.82 Å². The van der Waals surface area contributed by atoms with Crippen molar-refractivity contribution in [1.82, 2.24) is 9.97 Å². The maximum Gasteiger partial charge on any atom is 0.352 e. The maximum atomic E-state index is 12.6. The lowest BCUT2D eigenvalue weighted by Gasteiger charge is -2.13. The Balaban J connectivity index is 3.33. The van der Waals surface area contributed by atoms with E-state index < -0.39 is 29.4 Å². The second-order valence-electron chi connectivity index (χ2n) is 2.32. The van der Waals surface area contributed by atoms with E-state index in [0.29, 0.717) is 6.33 Å². The third kappa shape index (κ3) is 1.59. The first-order chi connectivity index (χ1) is 6.37. The Kier molecular flexibility index (Phi) is 2.54. The second kappa shape index (κ2) is 3.35. The third-order valence-electron chi connectivity index (χ3n) is 1.39. The van der Waals surface area contributed by atoms with Gasteiger partial charge in [0.15, 0.2) is 5.69 Å². The molecule has 0 spiro atoms. The lowest BCUT2D eigenvalue weighted by molar-refractivity contribution is -0.140. The molecular weight excluding hydrogens is 211 g/mol. The van der Waals surface area contributed by atoms with E-state index in [2.05, 4.69) is 4.98 Å². The van der Waals surface area contributed by atoms with Gasteiger partial charge in [-0.3, -0.25) is 4.79 Å². The predicted octanol–water partition coefficient (Wildman–Crippen LogP) is 1.27. The Morgan fingerprint density at radius 2 is 2.00 bits per heavy atom. The smallest absolute Gasteiger partial charge is 0.311 e. The number of nitrogens with one attached hydrogen (secondary N) is 1. The van der Waals surface area contributed by atoms with Gasteiger partial charge < -0.3 is 4.98 Å². The van der Waals surface area contributed by atoms with E-state index in [1.54, 1.807) is 4.98 Å². The number of aromatic amines is 1. The molecule has 0 bridgehead atoms. The molecule has 0 fully saturated rings. The molecule has 0 aliphatic rings. The number of alkyl halides is 4. The lowest BCUT2D eigenvalue weighted by atomic mass is 10.2. The fraction of sp³-hybridized carbons (Fsp3) is 0.333. The van der Waals surface area contributed by atoms with Crippen molar-refractivity contribution in [2.45, 2.75) is 12.3 Å². The third-order valence-corrected chi connectivity index (χ3v) is 1.39. The van der Waals surface area contributed by atoms with Crippen LogP contribution in [0.15, 0.2) is 11.1 Å². The van der Waals surface area contributed by atoms with Gasteiger partial charge in [0.2, 0.25) is 5.82 Å². The highest BCUT2D eigenvalue weighted by atomic mass is 19.3. The van der Waals surface area contributed by atoms with Crippen molar-refractivity contribution in [3.05, 3.63) is 28.2 Å². The van der Waals surface area contributed by atoms with E-state index in [-0.39, 0.29) is 0 Å². The molecule has 78 valence electrons. The summed E-state index contributed by atoms with van der Waals surface area (Å²) in [5, 5.41) is 0. The second-order valence-corrected chi connectivity index (χ2v) is 2.32. The molecular formula is C6H3F5N2O. The van der Waals surface area contributed by atoms with Crippen LogP contribution in [0.4, 0.5) is 22.0 Å². The fourth-order valence-electron chi connectivity index (χ4n) is 0.719. The van der Waals surface area contributed by atoms with E-state index in [4.69, 9.17) is 0 Å². The van der Waals surface area contributed by atoms with Gasteiger partial charge in [-0.2, -0.15) is 13.2 Å². The van der Waals surface area contributed by atoms with Gasteiger partial charge in [0, 0.05) is 0 Å². The first-order valence-corrected chi connectivity index (χ1v) is 3.27. The van der Waals surface area contributed by atoms with Crippen molar-refractivity contribution >= 4 is 0 Å². The summed E-state index contributed by atoms with van der Waals surface area (Å²) in [5.41, 5.74) is -3.37. The number of hydrogen-bond donors (Lipinski definition) is 1. The van der Waals surface area contributed by atoms with Crippen LogP contribution in [-0.4, -0.2) is 16.4 Å². The summed E-state index contributed by atoms with van der Waals surface area (Å²) < 4.78 is 61.1. The highest BCUT2D eigenvalue weighted by Gasteiger charge is 2.47. The normalized spacial score (nSPS) is 12.1. The van der Waals surface area contributed by atoms with Gasteiger partial charge in [0.1, 0.15) is 0 Å². The summed E-state index contributed by atoms with van der Waals surface area (Å²) in [4.78, 5) is 14.8. The highest BCUT2D eigenvalue weighted by molar-refractivity contribution is 5.10. The minimum absolute atomic E-state index is 0.428. The zero-order chi connectivity index (χ0) is 10.9. The molecule has 1 heterocycles. The number of hydrogen-bond acceptors (Lipinski definition) is 2. The van der Waals surface area contributed by atoms with E-state index in [9.17, 15) is 26.7 Å². The van der Waals surface area contributed by atoms with Gasteiger partial charge in [-0.1, -0.05) is 0 Å². The molecule has 0 unspecified atom stereocenters. The van der Waals surface area contributed by atoms with E-state index in [1.165, 1.54) is 0 Å². The zero-order valence-electron chi connectivity index (χ0n) is 6.40. The van der Waals surface area contributed by atoms with Crippen LogP contribution in [0.2, 0.25) is 0 Å². The summed E-state index contributed by atoms with van der Waals surface area (Å²) in [5.74, 6) is -6.77. The summed E-state index contributed by atoms with van der Waals surface area (Å²) in [6, 6.07) is 0. The Bertz CT molecular complexity index is 388. The first kappa shape index (κ1) is 10.6. The molecule has 0 aliphatic carbocycles. The molecule has 0 amide bonds. The molecule has 0 radical (unpaired) electrons. The van der Waals surface area contributed by atoms with Crippen LogP contribution in [0.25, 0.3) is 0 Å². The zero-order valence-corrected chi connectivity index (χ0v) is 6.40. The molecule has 1 N–H and O–H groups in total. The molecule has 0 aromatic carbocycles. The molecule has 1 aromatic rings. The minimum atomic E-state index is -4.77. The van der Waals surface area contributed by atoms with Gasteiger partial charge in [0.25, 0.3) is 5.56 Å². The molecule has 8 heteroatoms. The largest absolute Gasteiger partial charge is 0.352 e. The Labute approximate surface area is 73.6 Å². The molecule has 1 aromatic heterocycles. The average Bonchev–Trinajstić information content (AvgIpc) is 2.09. The van der Waals surface area contributed by atoms with Gasteiger partial charge in [0.05, 0.1) is 6.33 Å². The average molecular weight is 214 g/mol. The van der Waals surface area contributed by atoms with Crippen LogP contribution in [0.1, 0.15) is 5.69 Å². The van der Waals surface area contributed by atoms with Crippen LogP contribution >= 0.6 is 0 Å². The quantitative estimate of drug-likeness (QED) is 0.753. The summed E-state index contributed by atoms with van der Waals surface area (Å²) >= 11 is 0. The monoisotopic (exact) mass is 214 g/mol. The number of aromatic nitrogens is 2. The molecule has 0 aliphatic heterocycles. The first-order valence-electron chi connectivity index (χ1n) is 3.27. The van der Waals surface area contributed by atoms with E-state index >= 15 is 0 Å². The van der Waals surface area contributed by atoms with Gasteiger partial charge in [-0.15, -0.1) is 0 Å². The van der Waals surface area contributed by atoms with Gasteiger partial charge in [-0.05, 0) is 0 Å². The number of H-pyrrole nitrogens is 1. The summed E-state index contributed by atoms with van der Waals surface area (Å²) in [6.07, 6.45) is -3.69. The Hall–Kier alpha value is -1.47. The van der Waals surface area contributed by atoms with Gasteiger partial charge >= 0.3 is 12.3 Å². The van der Waals surface area contributed by atoms with Crippen molar-refractivity contribution in [3.8, 4) is 0 Å². The molecule has 3 nitrogen and oxygen atoms in total. The van der Waals surface area contributed by atoms with Crippen molar-refractivity contribution < 1.29 is 22.0 Å². The van der Waals surface area contributed by atoms with Crippen LogP contribution < -0.4 is 5.56 Å². The SMILES string of the molecule is O=c1[nH]cnc(C(F)(F)C(F)F)c1F. The number of halogens is 5. The van der Waals surface area contributed by atoms with Crippen molar-refractivity contribution in [1.29, 1.82) is 0 Å². The van der Waals surface area contributed by atoms with Crippen molar-refractivity contribution in [2.24, 2.45) is 0 Å². The highest BCUT2D eigenvalue weighted by Crippen LogP contribution is 2.33. The summed E-state index contributed by atoms with van der Waals surface area (Å²) in [7, 11) is 0. The Morgan fingerprint density at radius 3 is 2.50 bits per heavy atom.